The molecule has 3 heterocycles. The highest BCUT2D eigenvalue weighted by atomic mass is 16.5. The monoisotopic (exact) mass is 313 g/mol. The van der Waals surface area contributed by atoms with Crippen molar-refractivity contribution in [3.05, 3.63) is 35.8 Å². The Bertz CT molecular complexity index is 736. The minimum atomic E-state index is -0.645. The Balaban J connectivity index is 1.76. The van der Waals surface area contributed by atoms with Gasteiger partial charge in [-0.25, -0.2) is 4.98 Å². The van der Waals surface area contributed by atoms with E-state index in [1.165, 1.54) is 0 Å². The number of aryl methyl sites for hydroxylation is 2. The summed E-state index contributed by atoms with van der Waals surface area (Å²) in [5.74, 6) is 1.23. The highest BCUT2D eigenvalue weighted by Crippen LogP contribution is 2.25. The molecular weight excluding hydrogens is 294 g/mol. The summed E-state index contributed by atoms with van der Waals surface area (Å²) in [5.41, 5.74) is 1.34. The van der Waals surface area contributed by atoms with Gasteiger partial charge in [0.15, 0.2) is 5.75 Å². The molecule has 1 N–H and O–H groups in total. The molecule has 120 valence electrons. The highest BCUT2D eigenvalue weighted by Gasteiger charge is 2.35. The van der Waals surface area contributed by atoms with Crippen LogP contribution < -0.4 is 9.64 Å². The van der Waals surface area contributed by atoms with Crippen LogP contribution in [0.1, 0.15) is 18.2 Å². The molecule has 2 aromatic heterocycles. The second-order valence-electron chi connectivity index (χ2n) is 5.60. The van der Waals surface area contributed by atoms with Crippen LogP contribution in [-0.2, 0) is 6.54 Å². The Labute approximate surface area is 134 Å². The molecule has 1 aliphatic heterocycles. The molecule has 7 heteroatoms. The number of β-amino-alcohol motifs (C(OH)–C–C–N with tert-alkyl or cyclic N) is 1. The average Bonchev–Trinajstić information content (AvgIpc) is 3.15. The van der Waals surface area contributed by atoms with Gasteiger partial charge in [-0.2, -0.15) is 10.4 Å². The fourth-order valence-corrected chi connectivity index (χ4v) is 2.67. The van der Waals surface area contributed by atoms with E-state index in [0.29, 0.717) is 30.2 Å². The van der Waals surface area contributed by atoms with Crippen molar-refractivity contribution in [2.24, 2.45) is 0 Å². The molecule has 2 atom stereocenters. The Hall–Kier alpha value is -2.59. The Morgan fingerprint density at radius 3 is 2.96 bits per heavy atom. The molecule has 0 aliphatic carbocycles. The quantitative estimate of drug-likeness (QED) is 0.909. The lowest BCUT2D eigenvalue weighted by Crippen LogP contribution is -2.29. The van der Waals surface area contributed by atoms with Gasteiger partial charge >= 0.3 is 0 Å². The minimum Gasteiger partial charge on any atom is -0.482 e. The summed E-state index contributed by atoms with van der Waals surface area (Å²) in [7, 11) is 0. The van der Waals surface area contributed by atoms with Crippen LogP contribution in [0.15, 0.2) is 24.5 Å². The third-order valence-corrected chi connectivity index (χ3v) is 3.89. The molecule has 0 bridgehead atoms. The molecule has 7 nitrogen and oxygen atoms in total. The fourth-order valence-electron chi connectivity index (χ4n) is 2.67. The SMILES string of the molecule is CCn1cc(O[C@@H]2CN(c3nc(C)ccc3C#N)C[C@H]2O)cn1. The number of hydrogen-bond acceptors (Lipinski definition) is 6. The molecule has 1 aliphatic rings. The maximum Gasteiger partial charge on any atom is 0.157 e. The van der Waals surface area contributed by atoms with E-state index in [1.807, 2.05) is 24.8 Å². The van der Waals surface area contributed by atoms with Crippen molar-refractivity contribution in [1.82, 2.24) is 14.8 Å². The summed E-state index contributed by atoms with van der Waals surface area (Å²) >= 11 is 0. The molecule has 1 saturated heterocycles. The lowest BCUT2D eigenvalue weighted by molar-refractivity contribution is 0.0737. The van der Waals surface area contributed by atoms with Crippen LogP contribution in [-0.4, -0.2) is 45.2 Å². The number of rotatable bonds is 4. The predicted molar refractivity (Wildman–Crippen MR) is 84.2 cm³/mol. The number of ether oxygens (including phenoxy) is 1. The van der Waals surface area contributed by atoms with Crippen LogP contribution >= 0.6 is 0 Å². The summed E-state index contributed by atoms with van der Waals surface area (Å²) in [6, 6.07) is 5.71. The zero-order valence-electron chi connectivity index (χ0n) is 13.2. The van der Waals surface area contributed by atoms with Crippen LogP contribution in [0.2, 0.25) is 0 Å². The number of aromatic nitrogens is 3. The highest BCUT2D eigenvalue weighted by molar-refractivity contribution is 5.55. The van der Waals surface area contributed by atoms with Crippen LogP contribution in [0, 0.1) is 18.3 Å². The predicted octanol–water partition coefficient (Wildman–Crippen LogP) is 1.11. The first-order chi connectivity index (χ1) is 11.1. The molecule has 1 fully saturated rings. The van der Waals surface area contributed by atoms with Gasteiger partial charge < -0.3 is 14.7 Å². The molecule has 0 radical (unpaired) electrons. The van der Waals surface area contributed by atoms with Gasteiger partial charge in [0.1, 0.15) is 24.1 Å². The first-order valence-electron chi connectivity index (χ1n) is 7.60. The maximum atomic E-state index is 10.3. The molecule has 0 unspecified atom stereocenters. The van der Waals surface area contributed by atoms with E-state index in [1.54, 1.807) is 23.1 Å². The van der Waals surface area contributed by atoms with Gasteiger partial charge in [0.25, 0.3) is 0 Å². The normalized spacial score (nSPS) is 20.5. The average molecular weight is 313 g/mol. The standard InChI is InChI=1S/C16H19N5O2/c1-3-21-8-13(7-18-21)23-15-10-20(9-14(15)22)16-12(6-17)5-4-11(2)19-16/h4-5,7-8,14-15,22H,3,9-10H2,1-2H3/t14-,15-/m1/s1. The van der Waals surface area contributed by atoms with E-state index in [0.717, 1.165) is 12.2 Å². The van der Waals surface area contributed by atoms with Crippen molar-refractivity contribution in [1.29, 1.82) is 5.26 Å². The van der Waals surface area contributed by atoms with Crippen molar-refractivity contribution in [2.75, 3.05) is 18.0 Å². The zero-order chi connectivity index (χ0) is 16.4. The molecular formula is C16H19N5O2. The second kappa shape index (κ2) is 6.26. The van der Waals surface area contributed by atoms with Crippen LogP contribution in [0.3, 0.4) is 0 Å². The maximum absolute atomic E-state index is 10.3. The number of pyridine rings is 1. The number of aliphatic hydroxyl groups excluding tert-OH is 1. The minimum absolute atomic E-state index is 0.377. The van der Waals surface area contributed by atoms with Crippen molar-refractivity contribution in [3.63, 3.8) is 0 Å². The van der Waals surface area contributed by atoms with Crippen LogP contribution in [0.4, 0.5) is 5.82 Å². The van der Waals surface area contributed by atoms with Gasteiger partial charge in [-0.05, 0) is 26.0 Å². The van der Waals surface area contributed by atoms with E-state index in [4.69, 9.17) is 4.74 Å². The molecule has 0 spiro atoms. The zero-order valence-corrected chi connectivity index (χ0v) is 13.2. The molecule has 0 saturated carbocycles. The third kappa shape index (κ3) is 3.12. The van der Waals surface area contributed by atoms with Crippen molar-refractivity contribution < 1.29 is 9.84 Å². The smallest absolute Gasteiger partial charge is 0.157 e. The summed E-state index contributed by atoms with van der Waals surface area (Å²) in [4.78, 5) is 6.33. The van der Waals surface area contributed by atoms with Crippen molar-refractivity contribution >= 4 is 5.82 Å². The first kappa shape index (κ1) is 15.3. The molecule has 2 aromatic rings. The van der Waals surface area contributed by atoms with E-state index < -0.39 is 6.10 Å². The topological polar surface area (TPSA) is 87.2 Å². The van der Waals surface area contributed by atoms with Gasteiger partial charge in [0, 0.05) is 18.8 Å². The number of aliphatic hydroxyl groups is 1. The van der Waals surface area contributed by atoms with E-state index in [9.17, 15) is 10.4 Å². The second-order valence-corrected chi connectivity index (χ2v) is 5.60. The summed E-state index contributed by atoms with van der Waals surface area (Å²) in [6.45, 7) is 5.50. The number of hydrogen-bond donors (Lipinski definition) is 1. The van der Waals surface area contributed by atoms with Gasteiger partial charge in [0.2, 0.25) is 0 Å². The van der Waals surface area contributed by atoms with Crippen LogP contribution in [0.25, 0.3) is 0 Å². The van der Waals surface area contributed by atoms with E-state index >= 15 is 0 Å². The lowest BCUT2D eigenvalue weighted by Gasteiger charge is -2.18. The van der Waals surface area contributed by atoms with Gasteiger partial charge in [-0.3, -0.25) is 4.68 Å². The summed E-state index contributed by atoms with van der Waals surface area (Å²) in [6.07, 6.45) is 2.43. The Kier molecular flexibility index (Phi) is 4.17. The summed E-state index contributed by atoms with van der Waals surface area (Å²) in [5, 5.41) is 23.7. The van der Waals surface area contributed by atoms with Crippen molar-refractivity contribution in [2.45, 2.75) is 32.6 Å². The summed E-state index contributed by atoms with van der Waals surface area (Å²) < 4.78 is 7.61. The van der Waals surface area contributed by atoms with Crippen LogP contribution in [0.5, 0.6) is 5.75 Å². The Morgan fingerprint density at radius 1 is 1.43 bits per heavy atom. The van der Waals surface area contributed by atoms with Gasteiger partial charge in [-0.1, -0.05) is 0 Å². The van der Waals surface area contributed by atoms with E-state index in [2.05, 4.69) is 16.2 Å². The third-order valence-electron chi connectivity index (χ3n) is 3.89. The number of nitriles is 1. The van der Waals surface area contributed by atoms with Gasteiger partial charge in [-0.15, -0.1) is 0 Å². The van der Waals surface area contributed by atoms with E-state index in [-0.39, 0.29) is 6.10 Å². The van der Waals surface area contributed by atoms with Gasteiger partial charge in [0.05, 0.1) is 24.5 Å². The molecule has 0 amide bonds. The first-order valence-corrected chi connectivity index (χ1v) is 7.60. The largest absolute Gasteiger partial charge is 0.482 e. The Morgan fingerprint density at radius 2 is 2.26 bits per heavy atom. The fraction of sp³-hybridized carbons (Fsp3) is 0.438. The molecule has 0 aromatic carbocycles. The van der Waals surface area contributed by atoms with Crippen molar-refractivity contribution in [3.8, 4) is 11.8 Å². The molecule has 23 heavy (non-hydrogen) atoms. The molecule has 3 rings (SSSR count). The number of nitrogens with zero attached hydrogens (tertiary/aromatic N) is 5. The number of anilines is 1. The lowest BCUT2D eigenvalue weighted by atomic mass is 10.2.